The van der Waals surface area contributed by atoms with Gasteiger partial charge in [0.25, 0.3) is 0 Å². The van der Waals surface area contributed by atoms with E-state index in [2.05, 4.69) is 15.0 Å². The number of alkyl halides is 3. The van der Waals surface area contributed by atoms with Crippen LogP contribution in [0.15, 0.2) is 59.5 Å². The van der Waals surface area contributed by atoms with Crippen molar-refractivity contribution in [3.8, 4) is 0 Å². The van der Waals surface area contributed by atoms with Gasteiger partial charge in [0, 0.05) is 18.8 Å². The second-order valence-electron chi connectivity index (χ2n) is 10.6. The number of hydrogen-bond donors (Lipinski definition) is 1. The van der Waals surface area contributed by atoms with Gasteiger partial charge in [-0.15, -0.1) is 0 Å². The minimum atomic E-state index is -5.40. The van der Waals surface area contributed by atoms with Crippen LogP contribution in [0.3, 0.4) is 0 Å². The summed E-state index contributed by atoms with van der Waals surface area (Å²) in [5, 5.41) is 3.08. The average molecular weight is 610 g/mol. The molecule has 2 bridgehead atoms. The highest BCUT2D eigenvalue weighted by molar-refractivity contribution is 7.89. The number of halogens is 3. The molecule has 42 heavy (non-hydrogen) atoms. The van der Waals surface area contributed by atoms with Crippen LogP contribution in [-0.2, 0) is 33.9 Å². The summed E-state index contributed by atoms with van der Waals surface area (Å²) < 4.78 is 75.4. The standard InChI is InChI=1S/C28H30F3N3O7S/c29-28(30,31)27(37)41-25(35)22-10-5-13-34(22)42(38,39)21-9-4-8-20(16-21)32-24(19-6-2-1-3-7-19)26(36)40-23-17-33-14-11-18(23)12-15-33/h1-4,6-9,16,18,22-24,32H,5,10-15,17H2/t22-,23-,24?/m0/s1. The molecule has 2 aromatic rings. The minimum Gasteiger partial charge on any atom is -0.459 e. The predicted octanol–water partition coefficient (Wildman–Crippen LogP) is 3.26. The number of rotatable bonds is 8. The van der Waals surface area contributed by atoms with E-state index in [4.69, 9.17) is 4.74 Å². The number of nitrogens with zero attached hydrogens (tertiary/aromatic N) is 2. The van der Waals surface area contributed by atoms with Crippen LogP contribution in [0.4, 0.5) is 18.9 Å². The van der Waals surface area contributed by atoms with Gasteiger partial charge in [-0.05, 0) is 68.5 Å². The monoisotopic (exact) mass is 609 g/mol. The van der Waals surface area contributed by atoms with Gasteiger partial charge in [-0.3, -0.25) is 4.90 Å². The summed E-state index contributed by atoms with van der Waals surface area (Å²) in [6, 6.07) is 11.8. The third kappa shape index (κ3) is 6.45. The van der Waals surface area contributed by atoms with E-state index in [9.17, 15) is 36.0 Å². The lowest BCUT2D eigenvalue weighted by Gasteiger charge is -2.44. The van der Waals surface area contributed by atoms with E-state index in [-0.39, 0.29) is 42.0 Å². The summed E-state index contributed by atoms with van der Waals surface area (Å²) in [6.45, 7) is 2.47. The molecule has 1 unspecified atom stereocenters. The molecule has 4 fully saturated rings. The number of carbonyl (C=O) groups excluding carboxylic acids is 3. The first-order valence-electron chi connectivity index (χ1n) is 13.6. The maximum atomic E-state index is 13.5. The number of sulfonamides is 1. The van der Waals surface area contributed by atoms with Gasteiger partial charge in [-0.25, -0.2) is 22.8 Å². The van der Waals surface area contributed by atoms with E-state index in [0.29, 0.717) is 12.1 Å². The number of anilines is 1. The summed E-state index contributed by atoms with van der Waals surface area (Å²) in [7, 11) is -4.40. The number of esters is 3. The molecular weight excluding hydrogens is 579 g/mol. The Morgan fingerprint density at radius 1 is 0.952 bits per heavy atom. The van der Waals surface area contributed by atoms with E-state index in [1.807, 2.05) is 0 Å². The van der Waals surface area contributed by atoms with Gasteiger partial charge in [-0.1, -0.05) is 36.4 Å². The molecule has 0 aromatic heterocycles. The largest absolute Gasteiger partial charge is 0.491 e. The Labute approximate surface area is 240 Å². The Morgan fingerprint density at radius 2 is 1.67 bits per heavy atom. The van der Waals surface area contributed by atoms with Crippen molar-refractivity contribution in [1.29, 1.82) is 0 Å². The van der Waals surface area contributed by atoms with Gasteiger partial charge in [-0.2, -0.15) is 17.5 Å². The van der Waals surface area contributed by atoms with Crippen molar-refractivity contribution in [3.05, 3.63) is 60.2 Å². The number of fused-ring (bicyclic) bond motifs is 3. The van der Waals surface area contributed by atoms with Crippen molar-refractivity contribution in [2.75, 3.05) is 31.5 Å². The number of hydrogen-bond acceptors (Lipinski definition) is 9. The van der Waals surface area contributed by atoms with E-state index in [1.54, 1.807) is 36.4 Å². The molecule has 0 aliphatic carbocycles. The van der Waals surface area contributed by atoms with Gasteiger partial charge < -0.3 is 14.8 Å². The summed E-state index contributed by atoms with van der Waals surface area (Å²) >= 11 is 0. The van der Waals surface area contributed by atoms with Crippen LogP contribution in [0.2, 0.25) is 0 Å². The number of nitrogens with one attached hydrogen (secondary N) is 1. The third-order valence-electron chi connectivity index (χ3n) is 7.88. The maximum absolute atomic E-state index is 13.5. The molecule has 0 spiro atoms. The van der Waals surface area contributed by atoms with Crippen LogP contribution in [-0.4, -0.2) is 80.0 Å². The van der Waals surface area contributed by atoms with Crippen LogP contribution in [0.5, 0.6) is 0 Å². The second-order valence-corrected chi connectivity index (χ2v) is 12.5. The highest BCUT2D eigenvalue weighted by atomic mass is 32.2. The summed E-state index contributed by atoms with van der Waals surface area (Å²) in [6.07, 6.45) is -3.66. The Balaban J connectivity index is 1.35. The zero-order valence-electron chi connectivity index (χ0n) is 22.5. The van der Waals surface area contributed by atoms with E-state index in [1.165, 1.54) is 18.2 Å². The van der Waals surface area contributed by atoms with Gasteiger partial charge in [0.1, 0.15) is 12.1 Å². The second kappa shape index (κ2) is 12.0. The van der Waals surface area contributed by atoms with Crippen LogP contribution < -0.4 is 5.32 Å². The molecule has 10 nitrogen and oxygen atoms in total. The van der Waals surface area contributed by atoms with E-state index < -0.39 is 46.2 Å². The number of benzene rings is 2. The molecule has 4 aliphatic rings. The average Bonchev–Trinajstić information content (AvgIpc) is 3.48. The molecule has 0 amide bonds. The number of piperidine rings is 3. The van der Waals surface area contributed by atoms with Gasteiger partial charge in [0.05, 0.1) is 4.90 Å². The maximum Gasteiger partial charge on any atom is 0.491 e. The van der Waals surface area contributed by atoms with Crippen LogP contribution in [0, 0.1) is 5.92 Å². The van der Waals surface area contributed by atoms with Crippen LogP contribution in [0.1, 0.15) is 37.3 Å². The lowest BCUT2D eigenvalue weighted by atomic mass is 9.86. The third-order valence-corrected chi connectivity index (χ3v) is 9.79. The topological polar surface area (TPSA) is 122 Å². The van der Waals surface area contributed by atoms with Gasteiger partial charge in [0.2, 0.25) is 10.0 Å². The van der Waals surface area contributed by atoms with Crippen molar-refractivity contribution in [2.24, 2.45) is 5.92 Å². The van der Waals surface area contributed by atoms with Crippen molar-refractivity contribution >= 4 is 33.6 Å². The fourth-order valence-electron chi connectivity index (χ4n) is 5.71. The Morgan fingerprint density at radius 3 is 2.31 bits per heavy atom. The molecule has 1 N–H and O–H groups in total. The smallest absolute Gasteiger partial charge is 0.459 e. The quantitative estimate of drug-likeness (QED) is 0.355. The summed E-state index contributed by atoms with van der Waals surface area (Å²) in [4.78, 5) is 39.0. The summed E-state index contributed by atoms with van der Waals surface area (Å²) in [5.41, 5.74) is 0.870. The predicted molar refractivity (Wildman–Crippen MR) is 142 cm³/mol. The van der Waals surface area contributed by atoms with Crippen molar-refractivity contribution < 1.29 is 45.4 Å². The van der Waals surface area contributed by atoms with Crippen LogP contribution in [0.25, 0.3) is 0 Å². The molecule has 4 saturated heterocycles. The minimum absolute atomic E-state index is 0.108. The Hall–Kier alpha value is -3.49. The first-order valence-corrected chi connectivity index (χ1v) is 15.1. The lowest BCUT2D eigenvalue weighted by molar-refractivity contribution is -0.202. The first kappa shape index (κ1) is 30.0. The zero-order chi connectivity index (χ0) is 30.1. The summed E-state index contributed by atoms with van der Waals surface area (Å²) in [5.74, 6) is -4.52. The van der Waals surface area contributed by atoms with Crippen molar-refractivity contribution in [3.63, 3.8) is 0 Å². The highest BCUT2D eigenvalue weighted by Gasteiger charge is 2.47. The van der Waals surface area contributed by atoms with Crippen molar-refractivity contribution in [1.82, 2.24) is 9.21 Å². The molecule has 2 aromatic carbocycles. The molecule has 226 valence electrons. The molecule has 0 saturated carbocycles. The van der Waals surface area contributed by atoms with E-state index >= 15 is 0 Å². The molecule has 3 atom stereocenters. The normalized spacial score (nSPS) is 25.0. The molecule has 0 radical (unpaired) electrons. The number of ether oxygens (including phenoxy) is 2. The first-order chi connectivity index (χ1) is 19.9. The molecule has 4 heterocycles. The van der Waals surface area contributed by atoms with E-state index in [0.717, 1.165) is 30.2 Å². The fourth-order valence-corrected chi connectivity index (χ4v) is 7.41. The molecule has 14 heteroatoms. The Bertz CT molecular complexity index is 1430. The Kier molecular flexibility index (Phi) is 8.58. The highest BCUT2D eigenvalue weighted by Crippen LogP contribution is 2.33. The van der Waals surface area contributed by atoms with Gasteiger partial charge >= 0.3 is 24.1 Å². The molecule has 6 rings (SSSR count). The fraction of sp³-hybridized carbons (Fsp3) is 0.464. The number of carbonyl (C=O) groups is 3. The molecular formula is C28H30F3N3O7S. The van der Waals surface area contributed by atoms with Crippen LogP contribution >= 0.6 is 0 Å². The zero-order valence-corrected chi connectivity index (χ0v) is 23.3. The SMILES string of the molecule is O=C(O[C@H]1CN2CCC1CC2)C(Nc1cccc(S(=O)(=O)N2CCC[C@H]2C(=O)OC(=O)C(F)(F)F)c1)c1ccccc1. The van der Waals surface area contributed by atoms with Crippen molar-refractivity contribution in [2.45, 2.75) is 54.9 Å². The lowest BCUT2D eigenvalue weighted by Crippen LogP contribution is -2.52. The molecule has 4 aliphatic heterocycles. The van der Waals surface area contributed by atoms with Gasteiger partial charge in [0.15, 0.2) is 6.04 Å².